The Kier molecular flexibility index (Phi) is 8.67. The number of carbonyl (C=O) groups is 2. The SMILES string of the molecule is C=O.CC.CCCC1C2CN(c3nc(Oc4cccc(C=O)c4)nc4[nH]c(CC)c(Cl)c34)CC12. The van der Waals surface area contributed by atoms with Crippen LogP contribution >= 0.6 is 11.6 Å². The number of ether oxygens (including phenoxy) is 1. The fourth-order valence-corrected chi connectivity index (χ4v) is 5.28. The Morgan fingerprint density at radius 2 is 1.91 bits per heavy atom. The van der Waals surface area contributed by atoms with Crippen LogP contribution in [0.4, 0.5) is 5.82 Å². The molecule has 0 bridgehead atoms. The first-order valence-corrected chi connectivity index (χ1v) is 12.4. The van der Waals surface area contributed by atoms with Crippen LogP contribution in [0, 0.1) is 17.8 Å². The summed E-state index contributed by atoms with van der Waals surface area (Å²) in [7, 11) is 0. The number of aromatic nitrogens is 3. The predicted octanol–water partition coefficient (Wildman–Crippen LogP) is 6.10. The van der Waals surface area contributed by atoms with Crippen molar-refractivity contribution in [3.63, 3.8) is 0 Å². The lowest BCUT2D eigenvalue weighted by molar-refractivity contribution is -0.0980. The maximum Gasteiger partial charge on any atom is 0.325 e. The van der Waals surface area contributed by atoms with Crippen LogP contribution < -0.4 is 9.64 Å². The molecule has 1 aliphatic carbocycles. The van der Waals surface area contributed by atoms with Crippen molar-refractivity contribution in [3.8, 4) is 11.8 Å². The van der Waals surface area contributed by atoms with E-state index in [0.29, 0.717) is 22.0 Å². The zero-order valence-corrected chi connectivity index (χ0v) is 21.1. The minimum Gasteiger partial charge on any atom is -0.424 e. The normalized spacial score (nSPS) is 20.0. The quantitative estimate of drug-likeness (QED) is 0.407. The number of benzene rings is 1. The number of anilines is 1. The molecule has 5 rings (SSSR count). The van der Waals surface area contributed by atoms with Gasteiger partial charge in [0.1, 0.15) is 30.3 Å². The maximum atomic E-state index is 11.1. The zero-order chi connectivity index (χ0) is 24.8. The van der Waals surface area contributed by atoms with Crippen molar-refractivity contribution in [1.82, 2.24) is 15.0 Å². The molecule has 0 spiro atoms. The molecule has 3 heterocycles. The minimum atomic E-state index is 0.256. The van der Waals surface area contributed by atoms with Gasteiger partial charge in [-0.2, -0.15) is 9.97 Å². The summed E-state index contributed by atoms with van der Waals surface area (Å²) in [5.41, 5.74) is 2.19. The van der Waals surface area contributed by atoms with E-state index in [0.717, 1.165) is 60.4 Å². The van der Waals surface area contributed by atoms with E-state index >= 15 is 0 Å². The van der Waals surface area contributed by atoms with Gasteiger partial charge >= 0.3 is 6.01 Å². The summed E-state index contributed by atoms with van der Waals surface area (Å²) in [6.45, 7) is 12.3. The van der Waals surface area contributed by atoms with Crippen molar-refractivity contribution in [2.24, 2.45) is 17.8 Å². The molecule has 34 heavy (non-hydrogen) atoms. The second-order valence-corrected chi connectivity index (χ2v) is 8.68. The Bertz CT molecular complexity index is 1120. The Morgan fingerprint density at radius 3 is 2.53 bits per heavy atom. The molecule has 7 nitrogen and oxygen atoms in total. The van der Waals surface area contributed by atoms with Crippen molar-refractivity contribution in [2.45, 2.75) is 47.0 Å². The lowest BCUT2D eigenvalue weighted by Gasteiger charge is -2.22. The molecule has 8 heteroatoms. The molecule has 2 unspecified atom stereocenters. The molecule has 3 aromatic rings. The molecule has 0 radical (unpaired) electrons. The summed E-state index contributed by atoms with van der Waals surface area (Å²) in [5, 5.41) is 1.57. The van der Waals surface area contributed by atoms with Crippen molar-refractivity contribution >= 4 is 41.5 Å². The van der Waals surface area contributed by atoms with E-state index in [2.05, 4.69) is 28.7 Å². The maximum absolute atomic E-state index is 11.1. The Hall–Kier alpha value is -2.93. The third-order valence-corrected chi connectivity index (χ3v) is 6.89. The van der Waals surface area contributed by atoms with Crippen LogP contribution in [0.5, 0.6) is 11.8 Å². The second-order valence-electron chi connectivity index (χ2n) is 8.30. The minimum absolute atomic E-state index is 0.256. The van der Waals surface area contributed by atoms with Gasteiger partial charge in [0, 0.05) is 24.3 Å². The molecule has 1 aromatic carbocycles. The molecule has 1 saturated heterocycles. The largest absolute Gasteiger partial charge is 0.424 e. The van der Waals surface area contributed by atoms with Gasteiger partial charge in [0.15, 0.2) is 0 Å². The number of nitrogens with one attached hydrogen (secondary N) is 1. The average Bonchev–Trinajstić information content (AvgIpc) is 3.19. The van der Waals surface area contributed by atoms with E-state index in [-0.39, 0.29) is 6.01 Å². The summed E-state index contributed by atoms with van der Waals surface area (Å²) < 4.78 is 5.94. The molecule has 2 fully saturated rings. The number of halogens is 1. The summed E-state index contributed by atoms with van der Waals surface area (Å²) in [6.07, 6.45) is 4.14. The Balaban J connectivity index is 0.000000771. The van der Waals surface area contributed by atoms with E-state index in [4.69, 9.17) is 26.1 Å². The molecule has 0 amide bonds. The van der Waals surface area contributed by atoms with Crippen molar-refractivity contribution in [2.75, 3.05) is 18.0 Å². The van der Waals surface area contributed by atoms with Gasteiger partial charge in [-0.05, 0) is 36.3 Å². The van der Waals surface area contributed by atoms with E-state index < -0.39 is 0 Å². The number of H-pyrrole nitrogens is 1. The molecular formula is C26H33ClN4O3. The molecule has 2 atom stereocenters. The third kappa shape index (κ3) is 4.94. The van der Waals surface area contributed by atoms with Crippen molar-refractivity contribution in [3.05, 3.63) is 40.5 Å². The monoisotopic (exact) mass is 484 g/mol. The summed E-state index contributed by atoms with van der Waals surface area (Å²) >= 11 is 6.70. The molecule has 2 aliphatic rings. The smallest absolute Gasteiger partial charge is 0.325 e. The summed E-state index contributed by atoms with van der Waals surface area (Å²) in [4.78, 5) is 34.1. The number of aromatic amines is 1. The molecule has 1 aliphatic heterocycles. The zero-order valence-electron chi connectivity index (χ0n) is 20.3. The van der Waals surface area contributed by atoms with E-state index in [1.807, 2.05) is 20.6 Å². The highest BCUT2D eigenvalue weighted by molar-refractivity contribution is 6.37. The number of hydrogen-bond acceptors (Lipinski definition) is 6. The number of fused-ring (bicyclic) bond motifs is 2. The van der Waals surface area contributed by atoms with Gasteiger partial charge in [-0.1, -0.05) is 64.3 Å². The van der Waals surface area contributed by atoms with Crippen LogP contribution in [0.3, 0.4) is 0 Å². The van der Waals surface area contributed by atoms with Gasteiger partial charge in [-0.15, -0.1) is 0 Å². The first-order valence-electron chi connectivity index (χ1n) is 12.0. The number of carbonyl (C=O) groups excluding carboxylic acids is 2. The van der Waals surface area contributed by atoms with Gasteiger partial charge in [0.25, 0.3) is 0 Å². The van der Waals surface area contributed by atoms with E-state index in [1.165, 1.54) is 12.8 Å². The Labute approximate surface area is 205 Å². The van der Waals surface area contributed by atoms with Crippen molar-refractivity contribution < 1.29 is 14.3 Å². The topological polar surface area (TPSA) is 88.2 Å². The fourth-order valence-electron chi connectivity index (χ4n) is 4.93. The van der Waals surface area contributed by atoms with Crippen LogP contribution in [0.25, 0.3) is 11.0 Å². The highest BCUT2D eigenvalue weighted by atomic mass is 35.5. The van der Waals surface area contributed by atoms with E-state index in [9.17, 15) is 4.79 Å². The van der Waals surface area contributed by atoms with Crippen LogP contribution in [0.1, 0.15) is 56.6 Å². The molecule has 182 valence electrons. The molecule has 2 aromatic heterocycles. The first-order chi connectivity index (χ1) is 16.6. The third-order valence-electron chi connectivity index (χ3n) is 6.47. The molecule has 1 N–H and O–H groups in total. The number of aryl methyl sites for hydroxylation is 1. The number of hydrogen-bond donors (Lipinski definition) is 1. The highest BCUT2D eigenvalue weighted by Gasteiger charge is 2.55. The number of nitrogens with zero attached hydrogens (tertiary/aromatic N) is 3. The summed E-state index contributed by atoms with van der Waals surface area (Å²) in [6, 6.07) is 7.24. The van der Waals surface area contributed by atoms with Crippen LogP contribution in [-0.2, 0) is 11.2 Å². The number of aldehydes is 1. The number of piperidine rings is 1. The predicted molar refractivity (Wildman–Crippen MR) is 136 cm³/mol. The van der Waals surface area contributed by atoms with Crippen LogP contribution in [0.15, 0.2) is 24.3 Å². The van der Waals surface area contributed by atoms with E-state index in [1.54, 1.807) is 24.3 Å². The average molecular weight is 485 g/mol. The van der Waals surface area contributed by atoms with Gasteiger partial charge in [0.05, 0.1) is 10.4 Å². The molecule has 1 saturated carbocycles. The van der Waals surface area contributed by atoms with Crippen LogP contribution in [0.2, 0.25) is 5.02 Å². The standard InChI is InChI=1S/C23H25ClN4O2.C2H6.CH2O/c1-3-6-15-16-10-28(11-17(15)16)22-19-20(24)18(4-2)25-21(19)26-23(27-22)30-14-8-5-7-13(9-14)12-29;2*1-2/h5,7-9,12,15-17H,3-4,6,10-11H2,1-2H3,(H,25,26,27);1-2H3;1H2. The summed E-state index contributed by atoms with van der Waals surface area (Å²) in [5.74, 6) is 3.74. The van der Waals surface area contributed by atoms with Gasteiger partial charge < -0.3 is 19.4 Å². The lowest BCUT2D eigenvalue weighted by Crippen LogP contribution is -2.25. The molecular weight excluding hydrogens is 452 g/mol. The Morgan fingerprint density at radius 1 is 1.21 bits per heavy atom. The highest BCUT2D eigenvalue weighted by Crippen LogP contribution is 2.55. The van der Waals surface area contributed by atoms with Crippen molar-refractivity contribution in [1.29, 1.82) is 0 Å². The van der Waals surface area contributed by atoms with Gasteiger partial charge in [-0.25, -0.2) is 0 Å². The number of rotatable bonds is 7. The first kappa shape index (κ1) is 25.7. The van der Waals surface area contributed by atoms with Crippen LogP contribution in [-0.4, -0.2) is 41.1 Å². The van der Waals surface area contributed by atoms with Gasteiger partial charge in [0.2, 0.25) is 0 Å². The lowest BCUT2D eigenvalue weighted by atomic mass is 10.1. The fraction of sp³-hybridized carbons (Fsp3) is 0.462. The van der Waals surface area contributed by atoms with Gasteiger partial charge in [-0.3, -0.25) is 4.79 Å². The second kappa shape index (κ2) is 11.5.